The number of hydrogen-bond acceptors (Lipinski definition) is 3. The second-order valence-electron chi connectivity index (χ2n) is 11.0. The summed E-state index contributed by atoms with van der Waals surface area (Å²) in [5.74, 6) is 0.476. The van der Waals surface area contributed by atoms with Crippen molar-refractivity contribution in [1.29, 1.82) is 0 Å². The maximum Gasteiger partial charge on any atom is 0.127 e. The molecular weight excluding hydrogens is 480 g/mol. The normalized spacial score (nSPS) is 19.0. The van der Waals surface area contributed by atoms with Crippen molar-refractivity contribution >= 4 is 38.6 Å². The van der Waals surface area contributed by atoms with Crippen LogP contribution in [0.4, 0.5) is 0 Å². The number of ether oxygens (including phenoxy) is 1. The number of hydrogen-bond donors (Lipinski definition) is 1. The van der Waals surface area contributed by atoms with Crippen LogP contribution in [0.1, 0.15) is 48.6 Å². The first-order chi connectivity index (χ1) is 19.2. The third-order valence-corrected chi connectivity index (χ3v) is 8.63. The van der Waals surface area contributed by atoms with Crippen molar-refractivity contribution < 1.29 is 9.53 Å². The first kappa shape index (κ1) is 25.8. The Bertz CT molecular complexity index is 1620. The number of aldehydes is 1. The molecule has 1 aliphatic heterocycles. The van der Waals surface area contributed by atoms with Crippen molar-refractivity contribution in [2.75, 3.05) is 26.3 Å². The molecule has 7 rings (SSSR count). The number of rotatable bonds is 4. The van der Waals surface area contributed by atoms with E-state index in [9.17, 15) is 4.79 Å². The minimum absolute atomic E-state index is 0.0442. The number of nitrogens with zero attached hydrogens (tertiary/aromatic N) is 1. The van der Waals surface area contributed by atoms with E-state index in [4.69, 9.17) is 4.74 Å². The van der Waals surface area contributed by atoms with Gasteiger partial charge in [-0.15, -0.1) is 0 Å². The molecule has 1 N–H and O–H groups in total. The Labute approximate surface area is 231 Å². The van der Waals surface area contributed by atoms with Crippen LogP contribution in [0, 0.1) is 5.92 Å². The molecule has 0 saturated carbocycles. The van der Waals surface area contributed by atoms with E-state index in [1.807, 2.05) is 0 Å². The predicted octanol–water partition coefficient (Wildman–Crippen LogP) is 7.03. The smallest absolute Gasteiger partial charge is 0.127 e. The van der Waals surface area contributed by atoms with Gasteiger partial charge < -0.3 is 19.4 Å². The molecule has 1 fully saturated rings. The molecule has 4 heteroatoms. The first-order valence-electron chi connectivity index (χ1n) is 14.5. The van der Waals surface area contributed by atoms with Gasteiger partial charge in [0.15, 0.2) is 0 Å². The molecule has 4 nitrogen and oxygen atoms in total. The monoisotopic (exact) mass is 518 g/mol. The number of morpholine rings is 1. The number of fused-ring (bicyclic) bond motifs is 6. The van der Waals surface area contributed by atoms with Crippen molar-refractivity contribution in [2.45, 2.75) is 45.6 Å². The lowest BCUT2D eigenvalue weighted by Gasteiger charge is -2.27. The lowest BCUT2D eigenvalue weighted by atomic mass is 9.78. The van der Waals surface area contributed by atoms with Gasteiger partial charge in [-0.05, 0) is 80.3 Å². The summed E-state index contributed by atoms with van der Waals surface area (Å²) in [5.41, 5.74) is 5.33. The highest BCUT2D eigenvalue weighted by molar-refractivity contribution is 6.17. The first-order valence-corrected chi connectivity index (χ1v) is 14.5. The molecule has 0 radical (unpaired) electrons. The fraction of sp³-hybridized carbons (Fsp3) is 0.343. The zero-order chi connectivity index (χ0) is 26.8. The summed E-state index contributed by atoms with van der Waals surface area (Å²) >= 11 is 0. The van der Waals surface area contributed by atoms with E-state index in [0.29, 0.717) is 5.92 Å². The number of benzene rings is 4. The second-order valence-corrected chi connectivity index (χ2v) is 11.0. The van der Waals surface area contributed by atoms with Crippen molar-refractivity contribution in [3.05, 3.63) is 95.3 Å². The van der Waals surface area contributed by atoms with Gasteiger partial charge in [0.25, 0.3) is 0 Å². The molecular formula is C35H38N2O2. The van der Waals surface area contributed by atoms with Crippen LogP contribution in [0.5, 0.6) is 0 Å². The van der Waals surface area contributed by atoms with Crippen molar-refractivity contribution in [3.8, 4) is 0 Å². The van der Waals surface area contributed by atoms with Gasteiger partial charge in [-0.25, -0.2) is 0 Å². The molecule has 1 aliphatic carbocycles. The van der Waals surface area contributed by atoms with Crippen LogP contribution >= 0.6 is 0 Å². The lowest BCUT2D eigenvalue weighted by molar-refractivity contribution is -0.110. The molecule has 1 saturated heterocycles. The van der Waals surface area contributed by atoms with Crippen molar-refractivity contribution in [2.24, 2.45) is 5.92 Å². The van der Waals surface area contributed by atoms with Gasteiger partial charge in [-0.1, -0.05) is 74.5 Å². The summed E-state index contributed by atoms with van der Waals surface area (Å²) in [5, 5.41) is 11.0. The number of carbonyl (C=O) groups is 1. The molecule has 2 heterocycles. The summed E-state index contributed by atoms with van der Waals surface area (Å²) < 4.78 is 7.42. The molecule has 5 aromatic rings. The Balaban J connectivity index is 0.000000410. The Morgan fingerprint density at radius 3 is 2.33 bits per heavy atom. The quantitative estimate of drug-likeness (QED) is 0.205. The average Bonchev–Trinajstić information content (AvgIpc) is 3.35. The molecule has 0 spiro atoms. The molecule has 2 unspecified atom stereocenters. The van der Waals surface area contributed by atoms with Gasteiger partial charge in [0, 0.05) is 37.4 Å². The molecule has 2 aliphatic rings. The van der Waals surface area contributed by atoms with E-state index in [-0.39, 0.29) is 5.92 Å². The minimum Gasteiger partial charge on any atom is -0.379 e. The van der Waals surface area contributed by atoms with Crippen LogP contribution < -0.4 is 5.32 Å². The highest BCUT2D eigenvalue weighted by Gasteiger charge is 2.31. The van der Waals surface area contributed by atoms with Crippen molar-refractivity contribution in [1.82, 2.24) is 9.88 Å². The molecule has 0 amide bonds. The highest BCUT2D eigenvalue weighted by Crippen LogP contribution is 2.39. The van der Waals surface area contributed by atoms with E-state index in [0.717, 1.165) is 52.1 Å². The highest BCUT2D eigenvalue weighted by atomic mass is 16.5. The predicted molar refractivity (Wildman–Crippen MR) is 162 cm³/mol. The molecule has 1 aromatic heterocycles. The topological polar surface area (TPSA) is 43.3 Å². The zero-order valence-corrected chi connectivity index (χ0v) is 23.1. The van der Waals surface area contributed by atoms with E-state index >= 15 is 0 Å². The molecule has 200 valence electrons. The standard InChI is InChI=1S/C31H29NO.C4H9NO/c1-3-22-18-32(30-15-8-20(2)29(19-33)31(22)30)17-21-9-12-26-24(16-21)11-14-27-25-7-5-4-6-23(25)10-13-28(26)27;1-3-6-4-2-5-1/h4-7,9-14,16,18-20,29H,3,8,15,17H2,1-2H3;5H,1-4H2. The van der Waals surface area contributed by atoms with Crippen LogP contribution in [0.25, 0.3) is 32.3 Å². The summed E-state index contributed by atoms with van der Waals surface area (Å²) in [6.07, 6.45) is 6.60. The summed E-state index contributed by atoms with van der Waals surface area (Å²) in [6.45, 7) is 9.11. The molecule has 39 heavy (non-hydrogen) atoms. The van der Waals surface area contributed by atoms with E-state index < -0.39 is 0 Å². The van der Waals surface area contributed by atoms with E-state index in [1.165, 1.54) is 61.0 Å². The summed E-state index contributed by atoms with van der Waals surface area (Å²) in [4.78, 5) is 11.9. The number of aromatic nitrogens is 1. The summed E-state index contributed by atoms with van der Waals surface area (Å²) in [7, 11) is 0. The minimum atomic E-state index is 0.0442. The molecule has 0 bridgehead atoms. The number of carbonyl (C=O) groups excluding carboxylic acids is 1. The van der Waals surface area contributed by atoms with Gasteiger partial charge in [-0.3, -0.25) is 0 Å². The van der Waals surface area contributed by atoms with Crippen LogP contribution in [0.2, 0.25) is 0 Å². The van der Waals surface area contributed by atoms with Crippen molar-refractivity contribution in [3.63, 3.8) is 0 Å². The van der Waals surface area contributed by atoms with Crippen LogP contribution in [-0.4, -0.2) is 37.2 Å². The van der Waals surface area contributed by atoms with Gasteiger partial charge in [0.05, 0.1) is 13.2 Å². The Hall–Kier alpha value is -3.47. The van der Waals surface area contributed by atoms with Crippen LogP contribution in [0.15, 0.2) is 72.9 Å². The van der Waals surface area contributed by atoms with Crippen LogP contribution in [-0.2, 0) is 28.9 Å². The van der Waals surface area contributed by atoms with E-state index in [1.54, 1.807) is 0 Å². The Morgan fingerprint density at radius 2 is 1.64 bits per heavy atom. The fourth-order valence-corrected chi connectivity index (χ4v) is 6.50. The largest absolute Gasteiger partial charge is 0.379 e. The van der Waals surface area contributed by atoms with Gasteiger partial charge >= 0.3 is 0 Å². The van der Waals surface area contributed by atoms with Crippen LogP contribution in [0.3, 0.4) is 0 Å². The average molecular weight is 519 g/mol. The Kier molecular flexibility index (Phi) is 7.49. The molecule has 2 atom stereocenters. The number of aryl methyl sites for hydroxylation is 1. The van der Waals surface area contributed by atoms with E-state index in [2.05, 4.69) is 96.7 Å². The maximum atomic E-state index is 11.9. The Morgan fingerprint density at radius 1 is 0.923 bits per heavy atom. The van der Waals surface area contributed by atoms with Gasteiger partial charge in [0.2, 0.25) is 0 Å². The number of nitrogens with one attached hydrogen (secondary N) is 1. The molecule has 4 aromatic carbocycles. The maximum absolute atomic E-state index is 11.9. The van der Waals surface area contributed by atoms with Gasteiger partial charge in [-0.2, -0.15) is 0 Å². The lowest BCUT2D eigenvalue weighted by Crippen LogP contribution is -2.30. The summed E-state index contributed by atoms with van der Waals surface area (Å²) in [6, 6.07) is 24.5. The SMILES string of the molecule is C1COCCN1.CCc1cn(Cc2ccc3c(ccc4c5ccccc5ccc34)c2)c2c1C(C=O)C(C)CC2. The third kappa shape index (κ3) is 4.99. The fourth-order valence-electron chi connectivity index (χ4n) is 6.50. The van der Waals surface area contributed by atoms with Gasteiger partial charge in [0.1, 0.15) is 6.29 Å². The third-order valence-electron chi connectivity index (χ3n) is 8.63. The zero-order valence-electron chi connectivity index (χ0n) is 23.1. The second kappa shape index (κ2) is 11.3.